The first kappa shape index (κ1) is 15.0. The number of pyridine rings is 1. The SMILES string of the molecule is CCNC(=O)c1cc(NC(CO)c2ccccc2)ccn1. The van der Waals surface area contributed by atoms with Crippen LogP contribution in [0.1, 0.15) is 29.0 Å². The molecule has 2 aromatic rings. The van der Waals surface area contributed by atoms with Crippen molar-refractivity contribution in [3.8, 4) is 0 Å². The first-order valence-corrected chi connectivity index (χ1v) is 6.91. The lowest BCUT2D eigenvalue weighted by atomic mass is 10.1. The van der Waals surface area contributed by atoms with Gasteiger partial charge in [-0.3, -0.25) is 9.78 Å². The Bertz CT molecular complexity index is 587. The largest absolute Gasteiger partial charge is 0.394 e. The molecule has 0 spiro atoms. The Labute approximate surface area is 124 Å². The summed E-state index contributed by atoms with van der Waals surface area (Å²) in [6, 6.07) is 12.9. The molecular formula is C16H19N3O2. The van der Waals surface area contributed by atoms with Crippen molar-refractivity contribution in [2.24, 2.45) is 0 Å². The molecule has 5 heteroatoms. The van der Waals surface area contributed by atoms with Gasteiger partial charge in [0.2, 0.25) is 0 Å². The van der Waals surface area contributed by atoms with Gasteiger partial charge in [-0.2, -0.15) is 0 Å². The second kappa shape index (κ2) is 7.40. The zero-order chi connectivity index (χ0) is 15.1. The van der Waals surface area contributed by atoms with Crippen LogP contribution in [0.5, 0.6) is 0 Å². The Hall–Kier alpha value is -2.40. The number of nitrogens with one attached hydrogen (secondary N) is 2. The first-order chi connectivity index (χ1) is 10.2. The Morgan fingerprint density at radius 1 is 1.29 bits per heavy atom. The summed E-state index contributed by atoms with van der Waals surface area (Å²) in [5, 5.41) is 15.5. The lowest BCUT2D eigenvalue weighted by Gasteiger charge is -2.18. The van der Waals surface area contributed by atoms with E-state index in [2.05, 4.69) is 15.6 Å². The van der Waals surface area contributed by atoms with Gasteiger partial charge in [-0.1, -0.05) is 30.3 Å². The molecule has 0 saturated heterocycles. The topological polar surface area (TPSA) is 74.2 Å². The molecule has 110 valence electrons. The van der Waals surface area contributed by atoms with Gasteiger partial charge in [0.25, 0.3) is 5.91 Å². The molecule has 2 rings (SSSR count). The van der Waals surface area contributed by atoms with Gasteiger partial charge in [0, 0.05) is 18.4 Å². The monoisotopic (exact) mass is 285 g/mol. The average molecular weight is 285 g/mol. The molecule has 1 unspecified atom stereocenters. The van der Waals surface area contributed by atoms with Crippen molar-refractivity contribution in [3.63, 3.8) is 0 Å². The van der Waals surface area contributed by atoms with Crippen LogP contribution in [0.2, 0.25) is 0 Å². The van der Waals surface area contributed by atoms with Gasteiger partial charge in [0.15, 0.2) is 0 Å². The van der Waals surface area contributed by atoms with Crippen LogP contribution in [0, 0.1) is 0 Å². The molecule has 1 aromatic heterocycles. The molecule has 1 amide bonds. The molecule has 0 radical (unpaired) electrons. The highest BCUT2D eigenvalue weighted by Crippen LogP contribution is 2.19. The summed E-state index contributed by atoms with van der Waals surface area (Å²) in [6.45, 7) is 2.38. The minimum atomic E-state index is -0.226. The predicted octanol–water partition coefficient (Wildman–Crippen LogP) is 1.98. The summed E-state index contributed by atoms with van der Waals surface area (Å²) in [5.41, 5.74) is 2.08. The van der Waals surface area contributed by atoms with Gasteiger partial charge in [0.05, 0.1) is 12.6 Å². The maximum Gasteiger partial charge on any atom is 0.269 e. The molecule has 0 aliphatic rings. The van der Waals surface area contributed by atoms with E-state index in [-0.39, 0.29) is 18.6 Å². The number of nitrogens with zero attached hydrogens (tertiary/aromatic N) is 1. The van der Waals surface area contributed by atoms with Gasteiger partial charge in [0.1, 0.15) is 5.69 Å². The quantitative estimate of drug-likeness (QED) is 0.758. The number of benzene rings is 1. The number of hydrogen-bond acceptors (Lipinski definition) is 4. The number of aromatic nitrogens is 1. The third-order valence-corrected chi connectivity index (χ3v) is 3.06. The Morgan fingerprint density at radius 3 is 2.71 bits per heavy atom. The van der Waals surface area contributed by atoms with E-state index in [1.54, 1.807) is 18.3 Å². The minimum absolute atomic E-state index is 0.0389. The number of rotatable bonds is 6. The fourth-order valence-corrected chi connectivity index (χ4v) is 2.02. The van der Waals surface area contributed by atoms with Crippen LogP contribution in [0.25, 0.3) is 0 Å². The molecule has 0 saturated carbocycles. The van der Waals surface area contributed by atoms with Crippen molar-refractivity contribution in [1.82, 2.24) is 10.3 Å². The van der Waals surface area contributed by atoms with Gasteiger partial charge in [-0.15, -0.1) is 0 Å². The smallest absolute Gasteiger partial charge is 0.269 e. The number of hydrogen-bond donors (Lipinski definition) is 3. The van der Waals surface area contributed by atoms with Crippen LogP contribution in [-0.4, -0.2) is 29.1 Å². The zero-order valence-corrected chi connectivity index (χ0v) is 11.9. The fraction of sp³-hybridized carbons (Fsp3) is 0.250. The number of aliphatic hydroxyl groups is 1. The van der Waals surface area contributed by atoms with Gasteiger partial charge < -0.3 is 15.7 Å². The molecule has 21 heavy (non-hydrogen) atoms. The lowest BCUT2D eigenvalue weighted by molar-refractivity contribution is 0.0951. The number of carbonyl (C=O) groups is 1. The number of aliphatic hydroxyl groups excluding tert-OH is 1. The van der Waals surface area contributed by atoms with E-state index < -0.39 is 0 Å². The first-order valence-electron chi connectivity index (χ1n) is 6.91. The van der Waals surface area contributed by atoms with Crippen LogP contribution in [0.15, 0.2) is 48.7 Å². The third kappa shape index (κ3) is 4.03. The summed E-state index contributed by atoms with van der Waals surface area (Å²) in [6.07, 6.45) is 1.58. The minimum Gasteiger partial charge on any atom is -0.394 e. The zero-order valence-electron chi connectivity index (χ0n) is 11.9. The van der Waals surface area contributed by atoms with Crippen molar-refractivity contribution < 1.29 is 9.90 Å². The van der Waals surface area contributed by atoms with Crippen molar-refractivity contribution in [1.29, 1.82) is 0 Å². The van der Waals surface area contributed by atoms with E-state index in [1.165, 1.54) is 0 Å². The summed E-state index contributed by atoms with van der Waals surface area (Å²) >= 11 is 0. The van der Waals surface area contributed by atoms with E-state index in [4.69, 9.17) is 0 Å². The van der Waals surface area contributed by atoms with Crippen LogP contribution in [-0.2, 0) is 0 Å². The van der Waals surface area contributed by atoms with Crippen LogP contribution >= 0.6 is 0 Å². The van der Waals surface area contributed by atoms with Crippen molar-refractivity contribution in [3.05, 3.63) is 59.9 Å². The predicted molar refractivity (Wildman–Crippen MR) is 82.1 cm³/mol. The average Bonchev–Trinajstić information content (AvgIpc) is 2.54. The lowest BCUT2D eigenvalue weighted by Crippen LogP contribution is -2.24. The Morgan fingerprint density at radius 2 is 2.05 bits per heavy atom. The second-order valence-electron chi connectivity index (χ2n) is 4.58. The Kier molecular flexibility index (Phi) is 5.29. The highest BCUT2D eigenvalue weighted by atomic mass is 16.3. The molecule has 1 aromatic carbocycles. The normalized spacial score (nSPS) is 11.7. The van der Waals surface area contributed by atoms with E-state index in [0.717, 1.165) is 11.3 Å². The molecule has 0 fully saturated rings. The van der Waals surface area contributed by atoms with Crippen LogP contribution < -0.4 is 10.6 Å². The molecule has 5 nitrogen and oxygen atoms in total. The maximum atomic E-state index is 11.8. The van der Waals surface area contributed by atoms with Gasteiger partial charge in [-0.25, -0.2) is 0 Å². The molecule has 1 heterocycles. The number of anilines is 1. The molecule has 1 atom stereocenters. The highest BCUT2D eigenvalue weighted by molar-refractivity contribution is 5.93. The molecule has 0 aliphatic heterocycles. The maximum absolute atomic E-state index is 11.8. The van der Waals surface area contributed by atoms with Crippen LogP contribution in [0.3, 0.4) is 0 Å². The van der Waals surface area contributed by atoms with Gasteiger partial charge in [-0.05, 0) is 24.6 Å². The van der Waals surface area contributed by atoms with Crippen molar-refractivity contribution >= 4 is 11.6 Å². The number of amides is 1. The van der Waals surface area contributed by atoms with Crippen molar-refractivity contribution in [2.45, 2.75) is 13.0 Å². The summed E-state index contributed by atoms with van der Waals surface area (Å²) in [4.78, 5) is 15.8. The van der Waals surface area contributed by atoms with Crippen molar-refractivity contribution in [2.75, 3.05) is 18.5 Å². The van der Waals surface area contributed by atoms with Crippen LogP contribution in [0.4, 0.5) is 5.69 Å². The fourth-order valence-electron chi connectivity index (χ4n) is 2.02. The summed E-state index contributed by atoms with van der Waals surface area (Å²) in [7, 11) is 0. The van der Waals surface area contributed by atoms with E-state index in [0.29, 0.717) is 12.2 Å². The van der Waals surface area contributed by atoms with E-state index >= 15 is 0 Å². The standard InChI is InChI=1S/C16H19N3O2/c1-2-17-16(21)14-10-13(8-9-18-14)19-15(11-20)12-6-4-3-5-7-12/h3-10,15,20H,2,11H2,1H3,(H,17,21)(H,18,19). The molecule has 0 aliphatic carbocycles. The highest BCUT2D eigenvalue weighted by Gasteiger charge is 2.11. The molecule has 0 bridgehead atoms. The second-order valence-corrected chi connectivity index (χ2v) is 4.58. The van der Waals surface area contributed by atoms with Gasteiger partial charge >= 0.3 is 0 Å². The van der Waals surface area contributed by atoms with E-state index in [9.17, 15) is 9.90 Å². The summed E-state index contributed by atoms with van der Waals surface area (Å²) in [5.74, 6) is -0.207. The third-order valence-electron chi connectivity index (χ3n) is 3.06. The Balaban J connectivity index is 2.15. The molecule has 3 N–H and O–H groups in total. The van der Waals surface area contributed by atoms with E-state index in [1.807, 2.05) is 37.3 Å². The number of carbonyl (C=O) groups excluding carboxylic acids is 1. The summed E-state index contributed by atoms with van der Waals surface area (Å²) < 4.78 is 0. The molecular weight excluding hydrogens is 266 g/mol.